The Labute approximate surface area is 167 Å². The molecule has 0 saturated heterocycles. The SMILES string of the molecule is CC(C)(C)OC(=O)NC1=NC(C)(c2ccccc2F)CC2=NSCCC(=O)N21. The number of rotatable bonds is 1. The van der Waals surface area contributed by atoms with Crippen LogP contribution in [0.15, 0.2) is 33.7 Å². The topological polar surface area (TPSA) is 83.4 Å². The van der Waals surface area contributed by atoms with E-state index in [0.717, 1.165) is 0 Å². The third kappa shape index (κ3) is 4.35. The zero-order valence-electron chi connectivity index (χ0n) is 16.3. The minimum Gasteiger partial charge on any atom is -0.444 e. The lowest BCUT2D eigenvalue weighted by molar-refractivity contribution is -0.124. The molecule has 2 aliphatic heterocycles. The number of guanidine groups is 1. The molecule has 1 aromatic carbocycles. The van der Waals surface area contributed by atoms with Crippen LogP contribution in [-0.2, 0) is 15.1 Å². The fourth-order valence-corrected chi connectivity index (χ4v) is 3.72. The highest BCUT2D eigenvalue weighted by atomic mass is 32.2. The number of fused-ring (bicyclic) bond motifs is 1. The van der Waals surface area contributed by atoms with Crippen molar-refractivity contribution in [2.45, 2.75) is 51.7 Å². The van der Waals surface area contributed by atoms with E-state index in [4.69, 9.17) is 4.74 Å². The highest BCUT2D eigenvalue weighted by molar-refractivity contribution is 7.98. The fourth-order valence-electron chi connectivity index (χ4n) is 3.06. The molecule has 0 spiro atoms. The summed E-state index contributed by atoms with van der Waals surface area (Å²) in [5.41, 5.74) is -1.39. The Morgan fingerprint density at radius 1 is 1.36 bits per heavy atom. The largest absolute Gasteiger partial charge is 0.444 e. The molecule has 1 aromatic rings. The molecule has 0 saturated carbocycles. The molecule has 0 fully saturated rings. The second-order valence-corrected chi connectivity index (χ2v) is 8.66. The average molecular weight is 406 g/mol. The van der Waals surface area contributed by atoms with E-state index in [9.17, 15) is 14.0 Å². The number of ether oxygens (including phenoxy) is 1. The molecule has 28 heavy (non-hydrogen) atoms. The van der Waals surface area contributed by atoms with Crippen LogP contribution < -0.4 is 5.32 Å². The monoisotopic (exact) mass is 406 g/mol. The Balaban J connectivity index is 2.05. The van der Waals surface area contributed by atoms with Gasteiger partial charge >= 0.3 is 6.09 Å². The quantitative estimate of drug-likeness (QED) is 0.723. The summed E-state index contributed by atoms with van der Waals surface area (Å²) >= 11 is 1.27. The van der Waals surface area contributed by atoms with Crippen LogP contribution in [0.1, 0.15) is 46.1 Å². The third-order valence-corrected chi connectivity index (χ3v) is 4.94. The number of aliphatic imine (C=N–C) groups is 1. The van der Waals surface area contributed by atoms with E-state index < -0.39 is 23.1 Å². The summed E-state index contributed by atoms with van der Waals surface area (Å²) < 4.78 is 24.2. The predicted molar refractivity (Wildman–Crippen MR) is 107 cm³/mol. The van der Waals surface area contributed by atoms with Gasteiger partial charge in [-0.2, -0.15) is 0 Å². The molecule has 1 atom stereocenters. The number of nitrogens with one attached hydrogen (secondary N) is 1. The molecular formula is C19H23FN4O3S. The van der Waals surface area contributed by atoms with E-state index in [2.05, 4.69) is 14.7 Å². The van der Waals surface area contributed by atoms with Crippen LogP contribution in [0.25, 0.3) is 0 Å². The van der Waals surface area contributed by atoms with Gasteiger partial charge in [0.15, 0.2) is 0 Å². The van der Waals surface area contributed by atoms with Gasteiger partial charge in [0.2, 0.25) is 11.9 Å². The van der Waals surface area contributed by atoms with Crippen LogP contribution in [0.5, 0.6) is 0 Å². The number of halogens is 1. The number of carbonyl (C=O) groups is 2. The van der Waals surface area contributed by atoms with Crippen molar-refractivity contribution in [1.29, 1.82) is 0 Å². The fraction of sp³-hybridized carbons (Fsp3) is 0.474. The third-order valence-electron chi connectivity index (χ3n) is 4.22. The van der Waals surface area contributed by atoms with Gasteiger partial charge in [0.05, 0.1) is 5.54 Å². The highest BCUT2D eigenvalue weighted by Crippen LogP contribution is 2.36. The molecule has 7 nitrogen and oxygen atoms in total. The van der Waals surface area contributed by atoms with Gasteiger partial charge in [-0.15, -0.1) is 0 Å². The number of hydrogen-bond acceptors (Lipinski definition) is 6. The van der Waals surface area contributed by atoms with Crippen molar-refractivity contribution < 1.29 is 18.7 Å². The molecule has 0 aliphatic carbocycles. The number of carbonyl (C=O) groups excluding carboxylic acids is 2. The van der Waals surface area contributed by atoms with Gasteiger partial charge in [0.25, 0.3) is 0 Å². The van der Waals surface area contributed by atoms with Gasteiger partial charge in [0, 0.05) is 24.2 Å². The van der Waals surface area contributed by atoms with E-state index in [-0.39, 0.29) is 24.7 Å². The molecule has 9 heteroatoms. The Hall–Kier alpha value is -2.42. The van der Waals surface area contributed by atoms with Gasteiger partial charge in [-0.3, -0.25) is 10.1 Å². The second kappa shape index (κ2) is 7.54. The maximum Gasteiger partial charge on any atom is 0.414 e. The Bertz CT molecular complexity index is 865. The van der Waals surface area contributed by atoms with E-state index in [1.807, 2.05) is 0 Å². The molecule has 2 heterocycles. The summed E-state index contributed by atoms with van der Waals surface area (Å²) in [6.45, 7) is 6.96. The summed E-state index contributed by atoms with van der Waals surface area (Å²) in [6, 6.07) is 6.33. The molecule has 0 bridgehead atoms. The van der Waals surface area contributed by atoms with Crippen LogP contribution in [0.2, 0.25) is 0 Å². The lowest BCUT2D eigenvalue weighted by atomic mass is 9.87. The van der Waals surface area contributed by atoms with Crippen molar-refractivity contribution in [1.82, 2.24) is 10.2 Å². The zero-order valence-corrected chi connectivity index (χ0v) is 17.1. The number of nitrogens with zero attached hydrogens (tertiary/aromatic N) is 3. The van der Waals surface area contributed by atoms with Gasteiger partial charge in [-0.05, 0) is 45.7 Å². The maximum atomic E-state index is 14.5. The van der Waals surface area contributed by atoms with Crippen LogP contribution in [0, 0.1) is 5.82 Å². The van der Waals surface area contributed by atoms with Crippen molar-refractivity contribution in [2.75, 3.05) is 5.75 Å². The smallest absolute Gasteiger partial charge is 0.414 e. The summed E-state index contributed by atoms with van der Waals surface area (Å²) in [6.07, 6.45) is -0.261. The van der Waals surface area contributed by atoms with E-state index in [1.54, 1.807) is 45.9 Å². The number of benzene rings is 1. The van der Waals surface area contributed by atoms with Gasteiger partial charge in [-0.25, -0.2) is 23.5 Å². The lowest BCUT2D eigenvalue weighted by Gasteiger charge is -2.37. The van der Waals surface area contributed by atoms with Gasteiger partial charge < -0.3 is 4.74 Å². The van der Waals surface area contributed by atoms with Crippen LogP contribution in [0.4, 0.5) is 9.18 Å². The first-order chi connectivity index (χ1) is 13.1. The minimum atomic E-state index is -1.03. The minimum absolute atomic E-state index is 0.00231. The standard InChI is InChI=1S/C19H23FN4O3S/c1-18(2,3)27-17(26)21-16-22-19(4,12-7-5-6-8-13(12)20)11-14-23-28-10-9-15(25)24(14)16/h5-8H,9-11H2,1-4H3,(H,21,22,26). The predicted octanol–water partition coefficient (Wildman–Crippen LogP) is 3.60. The summed E-state index contributed by atoms with van der Waals surface area (Å²) in [5.74, 6) is 0.313. The Kier molecular flexibility index (Phi) is 5.47. The van der Waals surface area contributed by atoms with Crippen LogP contribution in [-0.4, -0.2) is 40.0 Å². The van der Waals surface area contributed by atoms with E-state index in [0.29, 0.717) is 17.2 Å². The molecular weight excluding hydrogens is 383 g/mol. The molecule has 0 radical (unpaired) electrons. The lowest BCUT2D eigenvalue weighted by Crippen LogP contribution is -2.55. The number of amidine groups is 1. The molecule has 0 aromatic heterocycles. The first kappa shape index (κ1) is 20.3. The first-order valence-electron chi connectivity index (χ1n) is 8.96. The summed E-state index contributed by atoms with van der Waals surface area (Å²) in [4.78, 5) is 30.8. The maximum absolute atomic E-state index is 14.5. The molecule has 3 rings (SSSR count). The molecule has 2 amide bonds. The van der Waals surface area contributed by atoms with E-state index in [1.165, 1.54) is 22.9 Å². The zero-order chi connectivity index (χ0) is 20.5. The summed E-state index contributed by atoms with van der Waals surface area (Å²) in [5, 5.41) is 2.56. The first-order valence-corrected chi connectivity index (χ1v) is 9.90. The molecule has 2 aliphatic rings. The normalized spacial score (nSPS) is 22.6. The van der Waals surface area contributed by atoms with Gasteiger partial charge in [-0.1, -0.05) is 18.2 Å². The van der Waals surface area contributed by atoms with Crippen molar-refractivity contribution >= 4 is 35.7 Å². The van der Waals surface area contributed by atoms with Crippen LogP contribution >= 0.6 is 11.9 Å². The van der Waals surface area contributed by atoms with Crippen LogP contribution in [0.3, 0.4) is 0 Å². The average Bonchev–Trinajstić information content (AvgIpc) is 2.74. The van der Waals surface area contributed by atoms with E-state index >= 15 is 0 Å². The molecule has 1 N–H and O–H groups in total. The second-order valence-electron chi connectivity index (χ2n) is 7.81. The molecule has 1 unspecified atom stereocenters. The number of amides is 2. The van der Waals surface area contributed by atoms with Crippen molar-refractivity contribution in [2.24, 2.45) is 9.39 Å². The van der Waals surface area contributed by atoms with Crippen molar-refractivity contribution in [3.05, 3.63) is 35.6 Å². The van der Waals surface area contributed by atoms with Crippen molar-refractivity contribution in [3.8, 4) is 0 Å². The number of hydrogen-bond donors (Lipinski definition) is 1. The highest BCUT2D eigenvalue weighted by Gasteiger charge is 2.42. The number of alkyl carbamates (subject to hydrolysis) is 1. The van der Waals surface area contributed by atoms with Crippen molar-refractivity contribution in [3.63, 3.8) is 0 Å². The Morgan fingerprint density at radius 2 is 2.07 bits per heavy atom. The Morgan fingerprint density at radius 3 is 2.75 bits per heavy atom. The summed E-state index contributed by atoms with van der Waals surface area (Å²) in [7, 11) is 0. The van der Waals surface area contributed by atoms with Gasteiger partial charge in [0.1, 0.15) is 17.3 Å². The molecule has 150 valence electrons.